The van der Waals surface area contributed by atoms with E-state index in [1.165, 1.54) is 11.8 Å². The van der Waals surface area contributed by atoms with E-state index >= 15 is 0 Å². The van der Waals surface area contributed by atoms with E-state index < -0.39 is 12.0 Å². The van der Waals surface area contributed by atoms with Gasteiger partial charge in [0, 0.05) is 30.3 Å². The number of nitrogens with one attached hydrogen (secondary N) is 1. The number of aliphatic carboxylic acids is 1. The monoisotopic (exact) mass is 270 g/mol. The number of aromatic nitrogens is 1. The third kappa shape index (κ3) is 5.15. The van der Waals surface area contributed by atoms with E-state index in [2.05, 4.69) is 10.3 Å². The van der Waals surface area contributed by atoms with Crippen molar-refractivity contribution in [3.63, 3.8) is 0 Å². The number of rotatable bonds is 7. The van der Waals surface area contributed by atoms with Gasteiger partial charge in [0.05, 0.1) is 5.75 Å². The molecule has 0 aliphatic carbocycles. The highest BCUT2D eigenvalue weighted by Crippen LogP contribution is 2.15. The number of aliphatic hydroxyl groups excluding tert-OH is 1. The second-order valence-corrected chi connectivity index (χ2v) is 4.49. The molecule has 1 heterocycles. The highest BCUT2D eigenvalue weighted by Gasteiger charge is 2.18. The van der Waals surface area contributed by atoms with Crippen molar-refractivity contribution in [3.05, 3.63) is 24.5 Å². The van der Waals surface area contributed by atoms with Crippen molar-refractivity contribution in [2.24, 2.45) is 0 Å². The zero-order valence-corrected chi connectivity index (χ0v) is 10.4. The quantitative estimate of drug-likeness (QED) is 0.609. The first-order valence-electron chi connectivity index (χ1n) is 5.29. The third-order valence-corrected chi connectivity index (χ3v) is 3.08. The second kappa shape index (κ2) is 7.67. The van der Waals surface area contributed by atoms with Crippen molar-refractivity contribution in [2.45, 2.75) is 17.4 Å². The molecule has 1 rings (SSSR count). The summed E-state index contributed by atoms with van der Waals surface area (Å²) in [6.07, 6.45) is 3.24. The molecule has 1 aromatic rings. The lowest BCUT2D eigenvalue weighted by Gasteiger charge is -2.12. The summed E-state index contributed by atoms with van der Waals surface area (Å²) in [5.74, 6) is -1.40. The highest BCUT2D eigenvalue weighted by atomic mass is 32.2. The van der Waals surface area contributed by atoms with Crippen LogP contribution in [0.3, 0.4) is 0 Å². The summed E-state index contributed by atoms with van der Waals surface area (Å²) in [5, 5.41) is 19.8. The first-order chi connectivity index (χ1) is 8.63. The fraction of sp³-hybridized carbons (Fsp3) is 0.364. The van der Waals surface area contributed by atoms with Crippen LogP contribution in [0.15, 0.2) is 29.4 Å². The zero-order valence-electron chi connectivity index (χ0n) is 9.57. The molecular weight excluding hydrogens is 256 g/mol. The Balaban J connectivity index is 2.39. The van der Waals surface area contributed by atoms with Gasteiger partial charge >= 0.3 is 5.97 Å². The van der Waals surface area contributed by atoms with E-state index in [4.69, 9.17) is 10.2 Å². The molecule has 0 saturated carbocycles. The number of thioether (sulfide) groups is 1. The van der Waals surface area contributed by atoms with Gasteiger partial charge in [-0.2, -0.15) is 0 Å². The van der Waals surface area contributed by atoms with Gasteiger partial charge in [0.25, 0.3) is 0 Å². The van der Waals surface area contributed by atoms with Gasteiger partial charge in [-0.3, -0.25) is 9.78 Å². The maximum Gasteiger partial charge on any atom is 0.326 e. The largest absolute Gasteiger partial charge is 0.480 e. The Morgan fingerprint density at radius 3 is 2.61 bits per heavy atom. The van der Waals surface area contributed by atoms with Crippen molar-refractivity contribution in [2.75, 3.05) is 12.4 Å². The maximum absolute atomic E-state index is 11.5. The molecule has 0 aliphatic rings. The average Bonchev–Trinajstić information content (AvgIpc) is 2.37. The molecule has 18 heavy (non-hydrogen) atoms. The molecule has 1 atom stereocenters. The molecule has 0 spiro atoms. The number of nitrogens with zero attached hydrogens (tertiary/aromatic N) is 1. The lowest BCUT2D eigenvalue weighted by molar-refractivity contribution is -0.141. The number of amides is 1. The molecule has 0 fully saturated rings. The van der Waals surface area contributed by atoms with E-state index in [0.29, 0.717) is 0 Å². The van der Waals surface area contributed by atoms with Gasteiger partial charge in [0.15, 0.2) is 0 Å². The highest BCUT2D eigenvalue weighted by molar-refractivity contribution is 8.00. The van der Waals surface area contributed by atoms with E-state index in [1.54, 1.807) is 24.5 Å². The van der Waals surface area contributed by atoms with Crippen LogP contribution >= 0.6 is 11.8 Å². The van der Waals surface area contributed by atoms with Crippen LogP contribution in [0.4, 0.5) is 0 Å². The number of carbonyl (C=O) groups excluding carboxylic acids is 1. The molecule has 0 bridgehead atoms. The van der Waals surface area contributed by atoms with Gasteiger partial charge in [-0.25, -0.2) is 4.79 Å². The first-order valence-corrected chi connectivity index (χ1v) is 6.28. The summed E-state index contributed by atoms with van der Waals surface area (Å²) in [7, 11) is 0. The van der Waals surface area contributed by atoms with Crippen LogP contribution in [0.2, 0.25) is 0 Å². The smallest absolute Gasteiger partial charge is 0.326 e. The summed E-state index contributed by atoms with van der Waals surface area (Å²) in [6, 6.07) is 2.49. The average molecular weight is 270 g/mol. The van der Waals surface area contributed by atoms with Gasteiger partial charge in [-0.15, -0.1) is 11.8 Å². The summed E-state index contributed by atoms with van der Waals surface area (Å²) < 4.78 is 0. The van der Waals surface area contributed by atoms with Gasteiger partial charge in [0.2, 0.25) is 5.91 Å². The molecule has 0 unspecified atom stereocenters. The molecule has 7 heteroatoms. The molecule has 1 aromatic heterocycles. The Labute approximate surface area is 108 Å². The summed E-state index contributed by atoms with van der Waals surface area (Å²) >= 11 is 1.29. The minimum absolute atomic E-state index is 0.000989. The lowest BCUT2D eigenvalue weighted by atomic mass is 10.2. The predicted molar refractivity (Wildman–Crippen MR) is 66.2 cm³/mol. The van der Waals surface area contributed by atoms with Gasteiger partial charge in [-0.1, -0.05) is 0 Å². The Morgan fingerprint density at radius 1 is 1.39 bits per heavy atom. The Morgan fingerprint density at radius 2 is 2.06 bits per heavy atom. The fourth-order valence-corrected chi connectivity index (χ4v) is 1.90. The Kier molecular flexibility index (Phi) is 6.16. The van der Waals surface area contributed by atoms with Crippen LogP contribution in [0, 0.1) is 0 Å². The first kappa shape index (κ1) is 14.5. The van der Waals surface area contributed by atoms with Gasteiger partial charge in [-0.05, 0) is 12.1 Å². The van der Waals surface area contributed by atoms with Crippen LogP contribution in [-0.2, 0) is 9.59 Å². The number of aliphatic hydroxyl groups is 1. The molecule has 3 N–H and O–H groups in total. The SMILES string of the molecule is O=C(CSc1ccncc1)N[C@@H](CCO)C(=O)O. The number of carboxylic acids is 1. The topological polar surface area (TPSA) is 99.5 Å². The molecule has 0 aromatic carbocycles. The van der Waals surface area contributed by atoms with Crippen molar-refractivity contribution >= 4 is 23.6 Å². The van der Waals surface area contributed by atoms with Crippen molar-refractivity contribution in [1.29, 1.82) is 0 Å². The number of hydrogen-bond donors (Lipinski definition) is 3. The Hall–Kier alpha value is -1.60. The number of carbonyl (C=O) groups is 2. The van der Waals surface area contributed by atoms with Gasteiger partial charge < -0.3 is 15.5 Å². The van der Waals surface area contributed by atoms with Crippen LogP contribution in [-0.4, -0.2) is 45.5 Å². The van der Waals surface area contributed by atoms with Crippen LogP contribution < -0.4 is 5.32 Å². The molecule has 98 valence electrons. The molecule has 0 aliphatic heterocycles. The number of carboxylic acid groups (broad SMARTS) is 1. The Bertz CT molecular complexity index is 399. The van der Waals surface area contributed by atoms with Gasteiger partial charge in [0.1, 0.15) is 6.04 Å². The number of hydrogen-bond acceptors (Lipinski definition) is 5. The van der Waals surface area contributed by atoms with Crippen molar-refractivity contribution in [1.82, 2.24) is 10.3 Å². The standard InChI is InChI=1S/C11H14N2O4S/c14-6-3-9(11(16)17)13-10(15)7-18-8-1-4-12-5-2-8/h1-2,4-5,9,14H,3,6-7H2,(H,13,15)(H,16,17)/t9-/m0/s1. The maximum atomic E-state index is 11.5. The van der Waals surface area contributed by atoms with E-state index in [0.717, 1.165) is 4.90 Å². The molecule has 6 nitrogen and oxygen atoms in total. The van der Waals surface area contributed by atoms with Crippen molar-refractivity contribution in [3.8, 4) is 0 Å². The fourth-order valence-electron chi connectivity index (χ4n) is 1.21. The van der Waals surface area contributed by atoms with E-state index in [-0.39, 0.29) is 24.7 Å². The summed E-state index contributed by atoms with van der Waals surface area (Å²) in [5.41, 5.74) is 0. The minimum Gasteiger partial charge on any atom is -0.480 e. The van der Waals surface area contributed by atoms with Crippen LogP contribution in [0.1, 0.15) is 6.42 Å². The molecular formula is C11H14N2O4S. The van der Waals surface area contributed by atoms with E-state index in [1.807, 2.05) is 0 Å². The second-order valence-electron chi connectivity index (χ2n) is 3.44. The van der Waals surface area contributed by atoms with Crippen LogP contribution in [0.25, 0.3) is 0 Å². The number of pyridine rings is 1. The minimum atomic E-state index is -1.15. The van der Waals surface area contributed by atoms with Crippen molar-refractivity contribution < 1.29 is 19.8 Å². The summed E-state index contributed by atoms with van der Waals surface area (Å²) in [6.45, 7) is -0.283. The third-order valence-electron chi connectivity index (χ3n) is 2.07. The zero-order chi connectivity index (χ0) is 13.4. The molecule has 1 amide bonds. The van der Waals surface area contributed by atoms with Crippen LogP contribution in [0.5, 0.6) is 0 Å². The lowest BCUT2D eigenvalue weighted by Crippen LogP contribution is -2.42. The van der Waals surface area contributed by atoms with E-state index in [9.17, 15) is 9.59 Å². The predicted octanol–water partition coefficient (Wildman–Crippen LogP) is 0.125. The molecule has 0 radical (unpaired) electrons. The molecule has 0 saturated heterocycles. The summed E-state index contributed by atoms with van der Waals surface area (Å²) in [4.78, 5) is 27.0. The normalized spacial score (nSPS) is 11.8.